The second kappa shape index (κ2) is 19.3. The Morgan fingerprint density at radius 1 is 0.857 bits per heavy atom. The standard InChI is InChI=1S/C38H57NO6S4/c1-10-14-16-26(12-3)21-42-29-31-32(47-37(46-31)25(9)35(40)44-19-23(5)6)30-34-33(29)48-38(49-34)28(36(41)45-20-24(7)8)39(13-4)18-27(22-43-30)17-15-11-2/h23-24,26-27H,10-22H2,1-9H3/b37-25-,38-28-. The number of hydrogen-bond donors (Lipinski definition) is 0. The molecule has 11 heteroatoms. The first-order chi connectivity index (χ1) is 23.5. The molecule has 0 fully saturated rings. The van der Waals surface area contributed by atoms with E-state index in [9.17, 15) is 9.59 Å². The predicted octanol–water partition coefficient (Wildman–Crippen LogP) is 11.0. The van der Waals surface area contributed by atoms with Crippen LogP contribution in [-0.4, -0.2) is 56.4 Å². The van der Waals surface area contributed by atoms with E-state index >= 15 is 0 Å². The highest BCUT2D eigenvalue weighted by Gasteiger charge is 2.41. The molecule has 2 unspecified atom stereocenters. The number of benzene rings is 1. The number of fused-ring (bicyclic) bond motifs is 3. The van der Waals surface area contributed by atoms with Gasteiger partial charge in [0.15, 0.2) is 0 Å². The van der Waals surface area contributed by atoms with Crippen molar-refractivity contribution in [2.24, 2.45) is 23.7 Å². The monoisotopic (exact) mass is 751 g/mol. The normalized spacial score (nSPS) is 20.3. The molecule has 3 heterocycles. The predicted molar refractivity (Wildman–Crippen MR) is 206 cm³/mol. The van der Waals surface area contributed by atoms with Crippen molar-refractivity contribution in [2.45, 2.75) is 127 Å². The lowest BCUT2D eigenvalue weighted by Gasteiger charge is -2.31. The molecule has 1 aromatic rings. The van der Waals surface area contributed by atoms with Crippen LogP contribution in [0.25, 0.3) is 0 Å². The summed E-state index contributed by atoms with van der Waals surface area (Å²) in [4.78, 5) is 33.2. The van der Waals surface area contributed by atoms with E-state index in [0.29, 0.717) is 56.7 Å². The number of carbonyl (C=O) groups is 2. The minimum Gasteiger partial charge on any atom is -0.491 e. The van der Waals surface area contributed by atoms with Gasteiger partial charge in [-0.15, -0.1) is 0 Å². The van der Waals surface area contributed by atoms with Crippen molar-refractivity contribution < 1.29 is 28.5 Å². The Morgan fingerprint density at radius 2 is 1.49 bits per heavy atom. The fourth-order valence-corrected chi connectivity index (χ4v) is 11.3. The van der Waals surface area contributed by atoms with Gasteiger partial charge in [0, 0.05) is 19.0 Å². The molecule has 0 saturated carbocycles. The van der Waals surface area contributed by atoms with Crippen molar-refractivity contribution in [1.82, 2.24) is 4.90 Å². The molecule has 3 aliphatic heterocycles. The summed E-state index contributed by atoms with van der Waals surface area (Å²) in [6.45, 7) is 22.2. The molecule has 0 amide bonds. The third kappa shape index (κ3) is 10.3. The number of hydrogen-bond acceptors (Lipinski definition) is 11. The Bertz CT molecular complexity index is 1390. The van der Waals surface area contributed by atoms with Crippen LogP contribution in [0.5, 0.6) is 11.5 Å². The van der Waals surface area contributed by atoms with Crippen LogP contribution in [0.15, 0.2) is 39.3 Å². The summed E-state index contributed by atoms with van der Waals surface area (Å²) in [7, 11) is 0. The van der Waals surface area contributed by atoms with E-state index in [0.717, 1.165) is 78.1 Å². The molecule has 0 N–H and O–H groups in total. The molecule has 0 aromatic heterocycles. The van der Waals surface area contributed by atoms with Crippen molar-refractivity contribution >= 4 is 59.0 Å². The molecule has 49 heavy (non-hydrogen) atoms. The fourth-order valence-electron chi connectivity index (χ4n) is 5.71. The molecule has 7 nitrogen and oxygen atoms in total. The van der Waals surface area contributed by atoms with Gasteiger partial charge < -0.3 is 23.8 Å². The van der Waals surface area contributed by atoms with Crippen LogP contribution in [0.2, 0.25) is 0 Å². The minimum atomic E-state index is -0.285. The summed E-state index contributed by atoms with van der Waals surface area (Å²) < 4.78 is 27.1. The first-order valence-corrected chi connectivity index (χ1v) is 21.5. The van der Waals surface area contributed by atoms with Crippen LogP contribution in [0.4, 0.5) is 0 Å². The number of unbranched alkanes of at least 4 members (excludes halogenated alkanes) is 2. The zero-order valence-corrected chi connectivity index (χ0v) is 34.3. The molecular formula is C38H57NO6S4. The van der Waals surface area contributed by atoms with Gasteiger partial charge in [0.25, 0.3) is 0 Å². The second-order valence-corrected chi connectivity index (χ2v) is 18.6. The number of carbonyl (C=O) groups excluding carboxylic acids is 2. The number of thioether (sulfide) groups is 4. The summed E-state index contributed by atoms with van der Waals surface area (Å²) >= 11 is 6.37. The van der Waals surface area contributed by atoms with Gasteiger partial charge in [-0.05, 0) is 44.4 Å². The van der Waals surface area contributed by atoms with E-state index < -0.39 is 0 Å². The van der Waals surface area contributed by atoms with Crippen LogP contribution < -0.4 is 9.47 Å². The number of ether oxygens (including phenoxy) is 4. The van der Waals surface area contributed by atoms with E-state index in [4.69, 9.17) is 18.9 Å². The van der Waals surface area contributed by atoms with Crippen LogP contribution in [0.1, 0.15) is 107 Å². The van der Waals surface area contributed by atoms with Gasteiger partial charge in [0.2, 0.25) is 0 Å². The average molecular weight is 752 g/mol. The van der Waals surface area contributed by atoms with Gasteiger partial charge in [-0.2, -0.15) is 0 Å². The summed E-state index contributed by atoms with van der Waals surface area (Å²) in [5.74, 6) is 2.29. The number of nitrogens with zero attached hydrogens (tertiary/aromatic N) is 1. The van der Waals surface area contributed by atoms with Gasteiger partial charge in [-0.25, -0.2) is 9.59 Å². The highest BCUT2D eigenvalue weighted by Crippen LogP contribution is 2.68. The van der Waals surface area contributed by atoms with Gasteiger partial charge in [-0.3, -0.25) is 0 Å². The molecule has 3 aliphatic rings. The van der Waals surface area contributed by atoms with E-state index in [1.807, 2.05) is 20.8 Å². The number of esters is 2. The maximum absolute atomic E-state index is 13.9. The smallest absolute Gasteiger partial charge is 0.356 e. The van der Waals surface area contributed by atoms with Crippen molar-refractivity contribution in [2.75, 3.05) is 39.5 Å². The number of likely N-dealkylation sites (N-methyl/N-ethyl adjacent to an activating group) is 1. The van der Waals surface area contributed by atoms with Crippen molar-refractivity contribution in [3.63, 3.8) is 0 Å². The topological polar surface area (TPSA) is 74.3 Å². The maximum atomic E-state index is 13.9. The van der Waals surface area contributed by atoms with Crippen LogP contribution in [-0.2, 0) is 19.1 Å². The molecule has 4 rings (SSSR count). The summed E-state index contributed by atoms with van der Waals surface area (Å²) in [5.41, 5.74) is 1.25. The molecule has 274 valence electrons. The SMILES string of the molecule is CCCCC(CC)COc1c2c(c3c4c1S/C(=C(\C(=O)OCC(C)C)N(CC)CC(CCCC)CO3)S4)S/C(=C(/C)C(=O)OCC(C)C)S2. The zero-order valence-electron chi connectivity index (χ0n) is 31.0. The van der Waals surface area contributed by atoms with E-state index in [1.54, 1.807) is 47.0 Å². The zero-order chi connectivity index (χ0) is 35.7. The Kier molecular flexibility index (Phi) is 15.9. The van der Waals surface area contributed by atoms with E-state index in [2.05, 4.69) is 46.4 Å². The average Bonchev–Trinajstić information content (AvgIpc) is 3.71. The highest BCUT2D eigenvalue weighted by molar-refractivity contribution is 8.26. The fraction of sp³-hybridized carbons (Fsp3) is 0.684. The van der Waals surface area contributed by atoms with Gasteiger partial charge in [-0.1, -0.05) is 128 Å². The summed E-state index contributed by atoms with van der Waals surface area (Å²) in [6.07, 6.45) is 7.69. The van der Waals surface area contributed by atoms with Crippen LogP contribution in [0, 0.1) is 23.7 Å². The largest absolute Gasteiger partial charge is 0.491 e. The summed E-state index contributed by atoms with van der Waals surface area (Å²) in [5, 5.41) is 0. The van der Waals surface area contributed by atoms with E-state index in [1.165, 1.54) is 6.42 Å². The maximum Gasteiger partial charge on any atom is 0.356 e. The van der Waals surface area contributed by atoms with Crippen molar-refractivity contribution in [3.8, 4) is 11.5 Å². The van der Waals surface area contributed by atoms with Crippen LogP contribution >= 0.6 is 47.0 Å². The molecule has 1 aromatic carbocycles. The quantitative estimate of drug-likeness (QED) is 0.113. The Hall–Kier alpha value is -1.56. The van der Waals surface area contributed by atoms with Crippen LogP contribution in [0.3, 0.4) is 0 Å². The molecule has 0 spiro atoms. The lowest BCUT2D eigenvalue weighted by atomic mass is 10.0. The minimum absolute atomic E-state index is 0.230. The first-order valence-electron chi connectivity index (χ1n) is 18.3. The lowest BCUT2D eigenvalue weighted by Crippen LogP contribution is -2.36. The molecule has 0 saturated heterocycles. The molecular weight excluding hydrogens is 695 g/mol. The molecule has 0 aliphatic carbocycles. The Labute approximate surface area is 312 Å². The molecule has 2 atom stereocenters. The lowest BCUT2D eigenvalue weighted by molar-refractivity contribution is -0.142. The Balaban J connectivity index is 1.86. The van der Waals surface area contributed by atoms with E-state index in [-0.39, 0.29) is 29.7 Å². The molecule has 2 bridgehead atoms. The van der Waals surface area contributed by atoms with Crippen molar-refractivity contribution in [3.05, 3.63) is 19.7 Å². The first kappa shape index (κ1) is 40.2. The third-order valence-electron chi connectivity index (χ3n) is 8.72. The number of rotatable bonds is 17. The van der Waals surface area contributed by atoms with Crippen molar-refractivity contribution in [1.29, 1.82) is 0 Å². The van der Waals surface area contributed by atoms with Gasteiger partial charge in [0.05, 0.1) is 60.1 Å². The second-order valence-electron chi connectivity index (χ2n) is 14.0. The summed E-state index contributed by atoms with van der Waals surface area (Å²) in [6, 6.07) is 0. The van der Waals surface area contributed by atoms with Gasteiger partial charge >= 0.3 is 11.9 Å². The highest BCUT2D eigenvalue weighted by atomic mass is 32.2. The molecule has 0 radical (unpaired) electrons. The van der Waals surface area contributed by atoms with Gasteiger partial charge in [0.1, 0.15) is 17.2 Å². The third-order valence-corrected chi connectivity index (χ3v) is 14.1. The Morgan fingerprint density at radius 3 is 2.14 bits per heavy atom.